The zero-order valence-corrected chi connectivity index (χ0v) is 10.1. The third-order valence-corrected chi connectivity index (χ3v) is 3.05. The van der Waals surface area contributed by atoms with Crippen LogP contribution >= 0.6 is 0 Å². The minimum atomic E-state index is -0.386. The van der Waals surface area contributed by atoms with Crippen molar-refractivity contribution in [3.05, 3.63) is 76.3 Å². The summed E-state index contributed by atoms with van der Waals surface area (Å²) in [6, 6.07) is 20.0. The second kappa shape index (κ2) is 4.57. The van der Waals surface area contributed by atoms with Gasteiger partial charge in [-0.2, -0.15) is 0 Å². The third-order valence-electron chi connectivity index (χ3n) is 3.05. The van der Waals surface area contributed by atoms with Crippen molar-refractivity contribution in [1.29, 1.82) is 0 Å². The molecule has 1 radical (unpaired) electrons. The van der Waals surface area contributed by atoms with E-state index in [1.807, 2.05) is 54.6 Å². The highest BCUT2D eigenvalue weighted by Crippen LogP contribution is 2.25. The van der Waals surface area contributed by atoms with Crippen LogP contribution in [0.1, 0.15) is 5.56 Å². The average molecular weight is 251 g/mol. The van der Waals surface area contributed by atoms with Gasteiger partial charge in [-0.15, -0.1) is 0 Å². The molecule has 0 aliphatic heterocycles. The van der Waals surface area contributed by atoms with E-state index in [9.17, 15) is 10.1 Å². The first-order valence-electron chi connectivity index (χ1n) is 5.94. The van der Waals surface area contributed by atoms with Crippen LogP contribution in [0.25, 0.3) is 10.9 Å². The predicted molar refractivity (Wildman–Crippen MR) is 73.0 cm³/mol. The molecular formula is C15H11N2O2. The monoisotopic (exact) mass is 251 g/mol. The molecule has 3 aromatic rings. The Kier molecular flexibility index (Phi) is 2.76. The molecule has 0 atom stereocenters. The standard InChI is InChI=1S/C15H11N2O2/c18-17(19)15-10-13-8-4-5-9-14(13)16(15)11-12-6-2-1-3-7-12/h1-9H,11H2. The van der Waals surface area contributed by atoms with Crippen molar-refractivity contribution in [1.82, 2.24) is 4.57 Å². The first-order valence-corrected chi connectivity index (χ1v) is 5.94. The lowest BCUT2D eigenvalue weighted by Crippen LogP contribution is -2.03. The zero-order valence-electron chi connectivity index (χ0n) is 10.1. The minimum Gasteiger partial charge on any atom is -0.358 e. The van der Waals surface area contributed by atoms with Gasteiger partial charge in [0.25, 0.3) is 0 Å². The number of hydrogen-bond acceptors (Lipinski definition) is 2. The SMILES string of the molecule is O=[N+]([O-])c1[c]c2ccccc2n1Cc1ccccc1. The van der Waals surface area contributed by atoms with E-state index < -0.39 is 0 Å². The van der Waals surface area contributed by atoms with Crippen LogP contribution in [0.3, 0.4) is 0 Å². The molecule has 3 rings (SSSR count). The van der Waals surface area contributed by atoms with Gasteiger partial charge in [-0.05, 0) is 22.6 Å². The number of rotatable bonds is 3. The maximum Gasteiger partial charge on any atom is 0.332 e. The molecular weight excluding hydrogens is 240 g/mol. The van der Waals surface area contributed by atoms with Gasteiger partial charge >= 0.3 is 5.82 Å². The number of para-hydroxylation sites is 1. The summed E-state index contributed by atoms with van der Waals surface area (Å²) in [5.41, 5.74) is 1.86. The van der Waals surface area contributed by atoms with E-state index in [-0.39, 0.29) is 10.7 Å². The van der Waals surface area contributed by atoms with Crippen LogP contribution in [-0.2, 0) is 6.54 Å². The van der Waals surface area contributed by atoms with Crippen LogP contribution < -0.4 is 0 Å². The van der Waals surface area contributed by atoms with Gasteiger partial charge in [0.2, 0.25) is 0 Å². The zero-order chi connectivity index (χ0) is 13.2. The summed E-state index contributed by atoms with van der Waals surface area (Å²) in [5.74, 6) is 0.00468. The van der Waals surface area contributed by atoms with E-state index in [0.29, 0.717) is 6.54 Å². The van der Waals surface area contributed by atoms with Gasteiger partial charge in [0.05, 0.1) is 6.07 Å². The summed E-state index contributed by atoms with van der Waals surface area (Å²) in [6.07, 6.45) is 0. The molecule has 19 heavy (non-hydrogen) atoms. The highest BCUT2D eigenvalue weighted by Gasteiger charge is 2.19. The van der Waals surface area contributed by atoms with E-state index >= 15 is 0 Å². The maximum atomic E-state index is 11.1. The van der Waals surface area contributed by atoms with E-state index in [1.165, 1.54) is 0 Å². The summed E-state index contributed by atoms with van der Waals surface area (Å²) < 4.78 is 1.69. The van der Waals surface area contributed by atoms with E-state index in [4.69, 9.17) is 0 Å². The lowest BCUT2D eigenvalue weighted by molar-refractivity contribution is -0.392. The van der Waals surface area contributed by atoms with Crippen LogP contribution in [0.5, 0.6) is 0 Å². The van der Waals surface area contributed by atoms with Gasteiger partial charge in [-0.3, -0.25) is 0 Å². The molecule has 0 saturated carbocycles. The predicted octanol–water partition coefficient (Wildman–Crippen LogP) is 3.40. The minimum absolute atomic E-state index is 0.00468. The fourth-order valence-corrected chi connectivity index (χ4v) is 2.19. The molecule has 0 N–H and O–H groups in total. The van der Waals surface area contributed by atoms with Crippen LogP contribution in [-0.4, -0.2) is 9.49 Å². The Morgan fingerprint density at radius 3 is 2.47 bits per heavy atom. The Hall–Kier alpha value is -2.62. The van der Waals surface area contributed by atoms with Crippen molar-refractivity contribution in [3.8, 4) is 0 Å². The molecule has 0 bridgehead atoms. The smallest absolute Gasteiger partial charge is 0.332 e. The fourth-order valence-electron chi connectivity index (χ4n) is 2.19. The number of hydrogen-bond donors (Lipinski definition) is 0. The van der Waals surface area contributed by atoms with Crippen molar-refractivity contribution in [2.75, 3.05) is 0 Å². The number of benzene rings is 2. The van der Waals surface area contributed by atoms with Gasteiger partial charge in [-0.25, -0.2) is 4.57 Å². The summed E-state index contributed by atoms with van der Waals surface area (Å²) in [5, 5.41) is 11.9. The Morgan fingerprint density at radius 1 is 1.05 bits per heavy atom. The lowest BCUT2D eigenvalue weighted by Gasteiger charge is -2.03. The molecule has 1 heterocycles. The number of fused-ring (bicyclic) bond motifs is 1. The average Bonchev–Trinajstić information content (AvgIpc) is 2.79. The normalized spacial score (nSPS) is 10.7. The Morgan fingerprint density at radius 2 is 1.74 bits per heavy atom. The largest absolute Gasteiger partial charge is 0.358 e. The quantitative estimate of drug-likeness (QED) is 0.529. The Bertz CT molecular complexity index is 732. The topological polar surface area (TPSA) is 48.1 Å². The van der Waals surface area contributed by atoms with Crippen molar-refractivity contribution in [3.63, 3.8) is 0 Å². The second-order valence-electron chi connectivity index (χ2n) is 4.29. The van der Waals surface area contributed by atoms with E-state index in [2.05, 4.69) is 6.07 Å². The molecule has 0 aliphatic rings. The van der Waals surface area contributed by atoms with E-state index in [1.54, 1.807) is 4.57 Å². The highest BCUT2D eigenvalue weighted by atomic mass is 16.6. The number of aromatic nitrogens is 1. The van der Waals surface area contributed by atoms with Crippen LogP contribution in [0.2, 0.25) is 0 Å². The van der Waals surface area contributed by atoms with Crippen molar-refractivity contribution < 1.29 is 4.92 Å². The van der Waals surface area contributed by atoms with E-state index in [0.717, 1.165) is 16.5 Å². The first kappa shape index (κ1) is 11.5. The molecule has 0 unspecified atom stereocenters. The first-order chi connectivity index (χ1) is 9.25. The van der Waals surface area contributed by atoms with Crippen molar-refractivity contribution in [2.45, 2.75) is 6.54 Å². The molecule has 0 saturated heterocycles. The number of nitrogens with zero attached hydrogens (tertiary/aromatic N) is 2. The van der Waals surface area contributed by atoms with Crippen LogP contribution in [0.4, 0.5) is 5.82 Å². The molecule has 93 valence electrons. The summed E-state index contributed by atoms with van der Waals surface area (Å²) >= 11 is 0. The van der Waals surface area contributed by atoms with Gasteiger partial charge in [0, 0.05) is 5.39 Å². The maximum absolute atomic E-state index is 11.1. The second-order valence-corrected chi connectivity index (χ2v) is 4.29. The molecule has 0 aliphatic carbocycles. The van der Waals surface area contributed by atoms with Crippen molar-refractivity contribution >= 4 is 16.7 Å². The van der Waals surface area contributed by atoms with Crippen LogP contribution in [0.15, 0.2) is 54.6 Å². The molecule has 0 fully saturated rings. The Balaban J connectivity index is 2.15. The summed E-state index contributed by atoms with van der Waals surface area (Å²) in [7, 11) is 0. The van der Waals surface area contributed by atoms with Gasteiger partial charge in [0.15, 0.2) is 0 Å². The molecule has 4 nitrogen and oxygen atoms in total. The molecule has 0 spiro atoms. The molecule has 0 amide bonds. The van der Waals surface area contributed by atoms with Gasteiger partial charge < -0.3 is 10.1 Å². The van der Waals surface area contributed by atoms with Gasteiger partial charge in [-0.1, -0.05) is 42.5 Å². The summed E-state index contributed by atoms with van der Waals surface area (Å²) in [4.78, 5) is 10.7. The fraction of sp³-hybridized carbons (Fsp3) is 0.0667. The van der Waals surface area contributed by atoms with Crippen LogP contribution in [0, 0.1) is 16.2 Å². The molecule has 2 aromatic carbocycles. The lowest BCUT2D eigenvalue weighted by atomic mass is 10.2. The third kappa shape index (κ3) is 2.08. The highest BCUT2D eigenvalue weighted by molar-refractivity contribution is 5.82. The summed E-state index contributed by atoms with van der Waals surface area (Å²) in [6.45, 7) is 0.473. The van der Waals surface area contributed by atoms with Crippen molar-refractivity contribution in [2.24, 2.45) is 0 Å². The molecule has 4 heteroatoms. The van der Waals surface area contributed by atoms with Gasteiger partial charge in [0.1, 0.15) is 12.1 Å². The number of nitro groups is 1. The Labute approximate surface area is 110 Å². The molecule has 1 aromatic heterocycles.